The molecule has 0 bridgehead atoms. The third-order valence-electron chi connectivity index (χ3n) is 5.36. The van der Waals surface area contributed by atoms with Crippen LogP contribution in [0.25, 0.3) is 0 Å². The molecule has 144 valence electrons. The van der Waals surface area contributed by atoms with Crippen molar-refractivity contribution in [2.24, 2.45) is 11.7 Å². The van der Waals surface area contributed by atoms with Gasteiger partial charge in [-0.15, -0.1) is 12.4 Å². The monoisotopic (exact) mass is 383 g/mol. The molecule has 1 aliphatic heterocycles. The van der Waals surface area contributed by atoms with E-state index >= 15 is 0 Å². The third kappa shape index (κ3) is 4.95. The second-order valence-electron chi connectivity index (χ2n) is 7.10. The van der Waals surface area contributed by atoms with E-state index < -0.39 is 5.82 Å². The molecule has 0 radical (unpaired) electrons. The van der Waals surface area contributed by atoms with E-state index in [0.717, 1.165) is 25.7 Å². The highest BCUT2D eigenvalue weighted by Crippen LogP contribution is 2.27. The van der Waals surface area contributed by atoms with Crippen LogP contribution in [0.3, 0.4) is 0 Å². The number of carbonyl (C=O) groups is 2. The fourth-order valence-electron chi connectivity index (χ4n) is 3.85. The third-order valence-corrected chi connectivity index (χ3v) is 5.36. The van der Waals surface area contributed by atoms with E-state index in [9.17, 15) is 14.0 Å². The molecule has 5 nitrogen and oxygen atoms in total. The molecule has 2 amide bonds. The first-order valence-corrected chi connectivity index (χ1v) is 9.13. The van der Waals surface area contributed by atoms with E-state index in [2.05, 4.69) is 0 Å². The van der Waals surface area contributed by atoms with Crippen LogP contribution in [0.15, 0.2) is 24.3 Å². The zero-order chi connectivity index (χ0) is 17.8. The Balaban J connectivity index is 0.00000243. The SMILES string of the molecule is Cl.N[C@@H]1CCC[C@H]1CC(=O)N1CCCN(C(=O)c2cccc(F)c2)CC1. The lowest BCUT2D eigenvalue weighted by atomic mass is 9.99. The Morgan fingerprint density at radius 3 is 2.50 bits per heavy atom. The Hall–Kier alpha value is -1.66. The van der Waals surface area contributed by atoms with E-state index in [4.69, 9.17) is 5.73 Å². The molecule has 0 aromatic heterocycles. The molecule has 1 aliphatic carbocycles. The number of halogens is 2. The van der Waals surface area contributed by atoms with Gasteiger partial charge in [-0.25, -0.2) is 4.39 Å². The summed E-state index contributed by atoms with van der Waals surface area (Å²) in [6, 6.07) is 5.90. The molecule has 2 fully saturated rings. The molecule has 3 rings (SSSR count). The van der Waals surface area contributed by atoms with Crippen LogP contribution in [0, 0.1) is 11.7 Å². The molecule has 1 aromatic carbocycles. The van der Waals surface area contributed by atoms with Gasteiger partial charge in [0, 0.05) is 44.2 Å². The minimum Gasteiger partial charge on any atom is -0.341 e. The minimum absolute atomic E-state index is 0. The van der Waals surface area contributed by atoms with Crippen molar-refractivity contribution in [2.45, 2.75) is 38.1 Å². The predicted molar refractivity (Wildman–Crippen MR) is 101 cm³/mol. The van der Waals surface area contributed by atoms with Crippen LogP contribution in [0.5, 0.6) is 0 Å². The van der Waals surface area contributed by atoms with Gasteiger partial charge in [-0.1, -0.05) is 12.5 Å². The lowest BCUT2D eigenvalue weighted by Gasteiger charge is -2.24. The molecule has 0 spiro atoms. The van der Waals surface area contributed by atoms with Gasteiger partial charge in [0.05, 0.1) is 0 Å². The maximum absolute atomic E-state index is 13.3. The molecule has 0 unspecified atom stereocenters. The van der Waals surface area contributed by atoms with Crippen LogP contribution in [-0.4, -0.2) is 53.8 Å². The fraction of sp³-hybridized carbons (Fsp3) is 0.579. The largest absolute Gasteiger partial charge is 0.341 e. The highest BCUT2D eigenvalue weighted by Gasteiger charge is 2.29. The number of hydrogen-bond donors (Lipinski definition) is 1. The van der Waals surface area contributed by atoms with Gasteiger partial charge in [0.15, 0.2) is 0 Å². The Morgan fingerprint density at radius 1 is 1.08 bits per heavy atom. The highest BCUT2D eigenvalue weighted by molar-refractivity contribution is 5.94. The number of carbonyl (C=O) groups excluding carboxylic acids is 2. The molecule has 1 heterocycles. The smallest absolute Gasteiger partial charge is 0.254 e. The van der Waals surface area contributed by atoms with Gasteiger partial charge in [-0.3, -0.25) is 9.59 Å². The van der Waals surface area contributed by atoms with Crippen LogP contribution < -0.4 is 5.73 Å². The van der Waals surface area contributed by atoms with Gasteiger partial charge in [0.25, 0.3) is 5.91 Å². The summed E-state index contributed by atoms with van der Waals surface area (Å²) >= 11 is 0. The van der Waals surface area contributed by atoms with Crippen molar-refractivity contribution in [3.63, 3.8) is 0 Å². The molecule has 2 atom stereocenters. The van der Waals surface area contributed by atoms with Crippen LogP contribution in [0.1, 0.15) is 42.5 Å². The molecular weight excluding hydrogens is 357 g/mol. The first kappa shape index (κ1) is 20.6. The zero-order valence-corrected chi connectivity index (χ0v) is 15.7. The lowest BCUT2D eigenvalue weighted by Crippen LogP contribution is -2.39. The quantitative estimate of drug-likeness (QED) is 0.871. The van der Waals surface area contributed by atoms with Crippen molar-refractivity contribution in [2.75, 3.05) is 26.2 Å². The van der Waals surface area contributed by atoms with E-state index in [1.165, 1.54) is 12.1 Å². The minimum atomic E-state index is -0.412. The fourth-order valence-corrected chi connectivity index (χ4v) is 3.85. The second kappa shape index (κ2) is 9.33. The standard InChI is InChI=1S/C19H26FN3O2.ClH/c20-16-6-1-5-15(12-16)19(25)23-9-3-8-22(10-11-23)18(24)13-14-4-2-7-17(14)21;/h1,5-6,12,14,17H,2-4,7-11,13,21H2;1H/t14-,17+;/m0./s1. The number of rotatable bonds is 3. The number of amides is 2. The summed E-state index contributed by atoms with van der Waals surface area (Å²) in [5.74, 6) is -0.153. The van der Waals surface area contributed by atoms with Gasteiger partial charge in [-0.2, -0.15) is 0 Å². The van der Waals surface area contributed by atoms with Gasteiger partial charge in [0.1, 0.15) is 5.82 Å². The Kier molecular flexibility index (Phi) is 7.41. The number of benzene rings is 1. The summed E-state index contributed by atoms with van der Waals surface area (Å²) in [5, 5.41) is 0. The molecule has 1 aromatic rings. The first-order valence-electron chi connectivity index (χ1n) is 9.13. The second-order valence-corrected chi connectivity index (χ2v) is 7.10. The molecule has 1 saturated carbocycles. The maximum Gasteiger partial charge on any atom is 0.254 e. The average molecular weight is 384 g/mol. The molecule has 26 heavy (non-hydrogen) atoms. The van der Waals surface area contributed by atoms with Crippen LogP contribution in [-0.2, 0) is 4.79 Å². The van der Waals surface area contributed by atoms with Crippen molar-refractivity contribution < 1.29 is 14.0 Å². The Labute approximate surface area is 160 Å². The van der Waals surface area contributed by atoms with E-state index in [-0.39, 0.29) is 30.3 Å². The van der Waals surface area contributed by atoms with Crippen molar-refractivity contribution in [3.8, 4) is 0 Å². The molecule has 1 saturated heterocycles. The van der Waals surface area contributed by atoms with Gasteiger partial charge in [-0.05, 0) is 43.4 Å². The summed E-state index contributed by atoms with van der Waals surface area (Å²) in [4.78, 5) is 28.7. The highest BCUT2D eigenvalue weighted by atomic mass is 35.5. The van der Waals surface area contributed by atoms with Crippen molar-refractivity contribution >= 4 is 24.2 Å². The van der Waals surface area contributed by atoms with Crippen LogP contribution in [0.4, 0.5) is 4.39 Å². The van der Waals surface area contributed by atoms with Crippen LogP contribution >= 0.6 is 12.4 Å². The predicted octanol–water partition coefficient (Wildman–Crippen LogP) is 2.44. The van der Waals surface area contributed by atoms with Crippen molar-refractivity contribution in [1.29, 1.82) is 0 Å². The summed E-state index contributed by atoms with van der Waals surface area (Å²) < 4.78 is 13.3. The topological polar surface area (TPSA) is 66.6 Å². The average Bonchev–Trinajstić information content (AvgIpc) is 2.86. The summed E-state index contributed by atoms with van der Waals surface area (Å²) in [7, 11) is 0. The molecule has 7 heteroatoms. The first-order chi connectivity index (χ1) is 12.0. The summed E-state index contributed by atoms with van der Waals surface area (Å²) in [6.07, 6.45) is 4.40. The molecule has 2 aliphatic rings. The lowest BCUT2D eigenvalue weighted by molar-refractivity contribution is -0.132. The van der Waals surface area contributed by atoms with E-state index in [1.807, 2.05) is 4.90 Å². The summed E-state index contributed by atoms with van der Waals surface area (Å²) in [5.41, 5.74) is 6.43. The van der Waals surface area contributed by atoms with Crippen LogP contribution in [0.2, 0.25) is 0 Å². The van der Waals surface area contributed by atoms with E-state index in [0.29, 0.717) is 44.1 Å². The van der Waals surface area contributed by atoms with E-state index in [1.54, 1.807) is 17.0 Å². The maximum atomic E-state index is 13.3. The molecule has 2 N–H and O–H groups in total. The number of nitrogens with zero attached hydrogens (tertiary/aromatic N) is 2. The Bertz CT molecular complexity index is 643. The Morgan fingerprint density at radius 2 is 1.81 bits per heavy atom. The summed E-state index contributed by atoms with van der Waals surface area (Å²) in [6.45, 7) is 2.26. The number of hydrogen-bond acceptors (Lipinski definition) is 3. The van der Waals surface area contributed by atoms with Gasteiger partial charge >= 0.3 is 0 Å². The van der Waals surface area contributed by atoms with Crippen molar-refractivity contribution in [1.82, 2.24) is 9.80 Å². The normalized spacial score (nSPS) is 23.3. The van der Waals surface area contributed by atoms with Gasteiger partial charge < -0.3 is 15.5 Å². The number of nitrogens with two attached hydrogens (primary N) is 1. The van der Waals surface area contributed by atoms with Gasteiger partial charge in [0.2, 0.25) is 5.91 Å². The van der Waals surface area contributed by atoms with Crippen molar-refractivity contribution in [3.05, 3.63) is 35.6 Å². The zero-order valence-electron chi connectivity index (χ0n) is 14.9. The molecular formula is C19H27ClFN3O2.